The molecular weight excluding hydrogens is 260 g/mol. The average molecular weight is 269 g/mol. The van der Waals surface area contributed by atoms with Gasteiger partial charge in [-0.3, -0.25) is 0 Å². The zero-order valence-corrected chi connectivity index (χ0v) is 10.4. The summed E-state index contributed by atoms with van der Waals surface area (Å²) >= 11 is 5.77. The Bertz CT molecular complexity index is 625. The van der Waals surface area contributed by atoms with Crippen LogP contribution in [0.1, 0.15) is 21.4 Å². The molecule has 1 unspecified atom stereocenters. The molecule has 0 radical (unpaired) electrons. The van der Waals surface area contributed by atoms with Crippen molar-refractivity contribution in [1.29, 1.82) is 0 Å². The summed E-state index contributed by atoms with van der Waals surface area (Å²) in [5, 5.41) is 10.9. The van der Waals surface area contributed by atoms with Crippen LogP contribution in [0.25, 0.3) is 11.0 Å². The second-order valence-corrected chi connectivity index (χ2v) is 3.94. The number of methoxy groups -OCH3 is 1. The van der Waals surface area contributed by atoms with E-state index in [1.807, 2.05) is 0 Å². The van der Waals surface area contributed by atoms with E-state index < -0.39 is 11.5 Å². The van der Waals surface area contributed by atoms with E-state index in [0.717, 1.165) is 0 Å². The lowest BCUT2D eigenvalue weighted by molar-refractivity contribution is 0.0602. The fraction of sp³-hybridized carbons (Fsp3) is 0.300. The van der Waals surface area contributed by atoms with Crippen molar-refractivity contribution >= 4 is 28.6 Å². The number of hydrogen-bond donors (Lipinski definition) is 0. The number of nitroso groups, excluding NO2 is 1. The number of carbonyl (C=O) groups is 1. The lowest BCUT2D eigenvalue weighted by Gasteiger charge is -2.04. The summed E-state index contributed by atoms with van der Waals surface area (Å²) in [6.45, 7) is 0. The first-order valence-electron chi connectivity index (χ1n) is 4.97. The minimum absolute atomic E-state index is 0.263. The quantitative estimate of drug-likeness (QED) is 0.366. The second kappa shape index (κ2) is 4.69. The van der Waals surface area contributed by atoms with Crippen molar-refractivity contribution in [1.82, 2.24) is 15.0 Å². The van der Waals surface area contributed by atoms with Crippen LogP contribution in [0.4, 0.5) is 0 Å². The number of benzene rings is 1. The standard InChI is InChI=1S/C10H9ClN4O3/c1-15-12-7-5(9(11)14-17)3-4-6(8(7)13-15)10(16)18-2/h3-4,9H,1-2H3. The largest absolute Gasteiger partial charge is 0.465 e. The molecule has 0 aliphatic heterocycles. The molecular formula is C10H9ClN4O3. The average Bonchev–Trinajstić information content (AvgIpc) is 2.76. The molecule has 2 rings (SSSR count). The molecule has 0 fully saturated rings. The Morgan fingerprint density at radius 2 is 2.11 bits per heavy atom. The number of alkyl halides is 1. The predicted molar refractivity (Wildman–Crippen MR) is 64.2 cm³/mol. The maximum absolute atomic E-state index is 11.6. The van der Waals surface area contributed by atoms with Crippen LogP contribution in [0, 0.1) is 4.91 Å². The number of ether oxygens (including phenoxy) is 1. The fourth-order valence-corrected chi connectivity index (χ4v) is 1.81. The summed E-state index contributed by atoms with van der Waals surface area (Å²) in [6, 6.07) is 3.00. The van der Waals surface area contributed by atoms with Crippen LogP contribution < -0.4 is 0 Å². The van der Waals surface area contributed by atoms with Gasteiger partial charge in [0.1, 0.15) is 11.0 Å². The molecule has 0 aliphatic rings. The van der Waals surface area contributed by atoms with Crippen molar-refractivity contribution in [3.63, 3.8) is 0 Å². The van der Waals surface area contributed by atoms with E-state index in [0.29, 0.717) is 16.6 Å². The topological polar surface area (TPSA) is 86.4 Å². The van der Waals surface area contributed by atoms with Gasteiger partial charge in [-0.1, -0.05) is 17.7 Å². The number of rotatable bonds is 3. The second-order valence-electron chi connectivity index (χ2n) is 3.52. The molecule has 2 aromatic rings. The Kier molecular flexibility index (Phi) is 3.24. The molecule has 0 N–H and O–H groups in total. The Morgan fingerprint density at radius 3 is 2.72 bits per heavy atom. The van der Waals surface area contributed by atoms with Gasteiger partial charge in [0.25, 0.3) is 0 Å². The highest BCUT2D eigenvalue weighted by Crippen LogP contribution is 2.29. The van der Waals surface area contributed by atoms with E-state index in [1.54, 1.807) is 7.05 Å². The van der Waals surface area contributed by atoms with Gasteiger partial charge in [-0.15, -0.1) is 4.91 Å². The minimum atomic E-state index is -1.07. The summed E-state index contributed by atoms with van der Waals surface area (Å²) in [5.41, 5.74) is 0.286. The third-order valence-corrected chi connectivity index (χ3v) is 2.74. The number of nitrogens with zero attached hydrogens (tertiary/aromatic N) is 4. The molecule has 0 aliphatic carbocycles. The maximum atomic E-state index is 11.6. The van der Waals surface area contributed by atoms with Crippen LogP contribution in [0.3, 0.4) is 0 Å². The summed E-state index contributed by atoms with van der Waals surface area (Å²) in [6.07, 6.45) is 0. The lowest BCUT2D eigenvalue weighted by Crippen LogP contribution is -2.03. The molecule has 0 saturated carbocycles. The van der Waals surface area contributed by atoms with Crippen molar-refractivity contribution in [3.8, 4) is 0 Å². The molecule has 1 atom stereocenters. The first kappa shape index (κ1) is 12.4. The van der Waals surface area contributed by atoms with Crippen LogP contribution in [-0.4, -0.2) is 28.1 Å². The van der Waals surface area contributed by atoms with Gasteiger partial charge in [0.2, 0.25) is 0 Å². The van der Waals surface area contributed by atoms with Crippen LogP contribution in [0.5, 0.6) is 0 Å². The molecule has 0 spiro atoms. The summed E-state index contributed by atoms with van der Waals surface area (Å²) in [4.78, 5) is 23.4. The SMILES string of the molecule is COC(=O)c1ccc(C(Cl)N=O)c2nn(C)nc12. The highest BCUT2D eigenvalue weighted by molar-refractivity contribution is 6.21. The smallest absolute Gasteiger partial charge is 0.340 e. The van der Waals surface area contributed by atoms with Gasteiger partial charge in [0, 0.05) is 12.6 Å². The normalized spacial score (nSPS) is 12.4. The first-order chi connectivity index (χ1) is 8.58. The van der Waals surface area contributed by atoms with E-state index in [4.69, 9.17) is 11.6 Å². The predicted octanol–water partition coefficient (Wildman–Crippen LogP) is 1.76. The third kappa shape index (κ3) is 1.92. The third-order valence-electron chi connectivity index (χ3n) is 2.43. The maximum Gasteiger partial charge on any atom is 0.340 e. The van der Waals surface area contributed by atoms with Gasteiger partial charge in [-0.05, 0) is 11.2 Å². The Balaban J connectivity index is 2.73. The molecule has 1 aromatic heterocycles. The van der Waals surface area contributed by atoms with Crippen molar-refractivity contribution in [2.24, 2.45) is 12.2 Å². The number of esters is 1. The van der Waals surface area contributed by atoms with Crippen molar-refractivity contribution in [2.45, 2.75) is 5.50 Å². The van der Waals surface area contributed by atoms with Gasteiger partial charge in [-0.25, -0.2) is 4.79 Å². The molecule has 0 saturated heterocycles. The number of aryl methyl sites for hydroxylation is 1. The fourth-order valence-electron chi connectivity index (χ4n) is 1.64. The number of fused-ring (bicyclic) bond motifs is 1. The Hall–Kier alpha value is -2.02. The van der Waals surface area contributed by atoms with Crippen LogP contribution >= 0.6 is 11.6 Å². The molecule has 7 nitrogen and oxygen atoms in total. The van der Waals surface area contributed by atoms with E-state index in [1.165, 1.54) is 24.0 Å². The lowest BCUT2D eigenvalue weighted by atomic mass is 10.1. The van der Waals surface area contributed by atoms with Crippen LogP contribution in [-0.2, 0) is 11.8 Å². The van der Waals surface area contributed by atoms with Gasteiger partial charge in [0.15, 0.2) is 5.50 Å². The van der Waals surface area contributed by atoms with E-state index in [9.17, 15) is 9.70 Å². The Morgan fingerprint density at radius 1 is 1.44 bits per heavy atom. The molecule has 18 heavy (non-hydrogen) atoms. The monoisotopic (exact) mass is 268 g/mol. The van der Waals surface area contributed by atoms with Crippen molar-refractivity contribution in [2.75, 3.05) is 7.11 Å². The Labute approximate surface area is 107 Å². The van der Waals surface area contributed by atoms with E-state index in [2.05, 4.69) is 20.1 Å². The molecule has 0 bridgehead atoms. The van der Waals surface area contributed by atoms with Crippen LogP contribution in [0.2, 0.25) is 0 Å². The number of hydrogen-bond acceptors (Lipinski definition) is 6. The molecule has 8 heteroatoms. The zero-order valence-electron chi connectivity index (χ0n) is 9.62. The van der Waals surface area contributed by atoms with Crippen molar-refractivity contribution < 1.29 is 9.53 Å². The zero-order chi connectivity index (χ0) is 13.3. The van der Waals surface area contributed by atoms with Gasteiger partial charge < -0.3 is 4.74 Å². The number of halogens is 1. The van der Waals surface area contributed by atoms with E-state index >= 15 is 0 Å². The summed E-state index contributed by atoms with van der Waals surface area (Å²) in [5.74, 6) is -0.530. The number of carbonyl (C=O) groups excluding carboxylic acids is 1. The summed E-state index contributed by atoms with van der Waals surface area (Å²) < 4.78 is 4.65. The highest BCUT2D eigenvalue weighted by Gasteiger charge is 2.21. The molecule has 0 amide bonds. The molecule has 94 valence electrons. The van der Waals surface area contributed by atoms with Gasteiger partial charge in [-0.2, -0.15) is 15.0 Å². The van der Waals surface area contributed by atoms with Crippen molar-refractivity contribution in [3.05, 3.63) is 28.2 Å². The number of aromatic nitrogens is 3. The van der Waals surface area contributed by atoms with E-state index in [-0.39, 0.29) is 5.56 Å². The highest BCUT2D eigenvalue weighted by atomic mass is 35.5. The van der Waals surface area contributed by atoms with Gasteiger partial charge in [0.05, 0.1) is 12.7 Å². The first-order valence-corrected chi connectivity index (χ1v) is 5.41. The summed E-state index contributed by atoms with van der Waals surface area (Å²) in [7, 11) is 2.87. The minimum Gasteiger partial charge on any atom is -0.465 e. The van der Waals surface area contributed by atoms with Gasteiger partial charge >= 0.3 is 5.97 Å². The molecule has 1 aromatic carbocycles. The molecule has 1 heterocycles. The van der Waals surface area contributed by atoms with Crippen LogP contribution in [0.15, 0.2) is 17.3 Å².